The van der Waals surface area contributed by atoms with Crippen molar-refractivity contribution in [3.63, 3.8) is 0 Å². The van der Waals surface area contributed by atoms with E-state index in [0.29, 0.717) is 12.8 Å². The molecule has 0 bridgehead atoms. The number of carbonyl (C=O) groups is 4. The van der Waals surface area contributed by atoms with Crippen LogP contribution in [0.4, 0.5) is 0 Å². The normalized spacial score (nSPS) is 19.7. The van der Waals surface area contributed by atoms with E-state index in [1.54, 1.807) is 0 Å². The zero-order valence-electron chi connectivity index (χ0n) is 15.3. The first-order valence-electron chi connectivity index (χ1n) is 9.01. The number of benzene rings is 1. The van der Waals surface area contributed by atoms with Gasteiger partial charge in [0.1, 0.15) is 18.1 Å². The van der Waals surface area contributed by atoms with Gasteiger partial charge in [-0.3, -0.25) is 19.2 Å². The van der Waals surface area contributed by atoms with Crippen LogP contribution in [-0.2, 0) is 25.6 Å². The third-order valence-corrected chi connectivity index (χ3v) is 4.40. The molecule has 4 amide bonds. The Hall–Kier alpha value is -3.41. The van der Waals surface area contributed by atoms with Crippen LogP contribution in [0.1, 0.15) is 31.2 Å². The maximum absolute atomic E-state index is 12.3. The highest BCUT2D eigenvalue weighted by Gasteiger charge is 2.35. The van der Waals surface area contributed by atoms with Crippen LogP contribution in [0, 0.1) is 11.3 Å². The summed E-state index contributed by atoms with van der Waals surface area (Å²) in [5, 5.41) is 16.2. The molecule has 148 valence electrons. The van der Waals surface area contributed by atoms with Gasteiger partial charge in [0.2, 0.25) is 23.6 Å². The van der Waals surface area contributed by atoms with Crippen molar-refractivity contribution in [3.05, 3.63) is 35.9 Å². The fraction of sp³-hybridized carbons (Fsp3) is 0.421. The van der Waals surface area contributed by atoms with E-state index in [-0.39, 0.29) is 25.2 Å². The van der Waals surface area contributed by atoms with Crippen LogP contribution in [0.5, 0.6) is 0 Å². The molecule has 0 aliphatic carbocycles. The molecular weight excluding hydrogens is 362 g/mol. The Bertz CT molecular complexity index is 774. The third kappa shape index (κ3) is 6.09. The summed E-state index contributed by atoms with van der Waals surface area (Å²) in [6, 6.07) is 8.55. The number of piperazine rings is 1. The molecule has 0 aromatic heterocycles. The maximum Gasteiger partial charge on any atom is 0.243 e. The van der Waals surface area contributed by atoms with E-state index in [1.165, 1.54) is 0 Å². The third-order valence-electron chi connectivity index (χ3n) is 4.40. The largest absolute Gasteiger partial charge is 0.368 e. The molecule has 1 aliphatic heterocycles. The fourth-order valence-corrected chi connectivity index (χ4v) is 2.92. The summed E-state index contributed by atoms with van der Waals surface area (Å²) in [5.41, 5.74) is 6.16. The standard InChI is InChI=1S/C19H23N5O4/c20-9-5-4-8-13(17(21)26)22-16(25)11-15-19(28)23-14(18(27)24-15)10-12-6-2-1-3-7-12/h1-3,6-7,13-15H,4-5,8,10-11H2,(H2,21,26)(H,22,25)(H,23,28)(H,24,27)/t13-,14+,15+/m1/s1. The van der Waals surface area contributed by atoms with E-state index in [2.05, 4.69) is 16.0 Å². The zero-order valence-corrected chi connectivity index (χ0v) is 15.3. The molecule has 1 heterocycles. The number of rotatable bonds is 9. The first-order chi connectivity index (χ1) is 13.4. The van der Waals surface area contributed by atoms with Crippen molar-refractivity contribution < 1.29 is 19.2 Å². The molecule has 9 nitrogen and oxygen atoms in total. The molecule has 0 spiro atoms. The highest BCUT2D eigenvalue weighted by atomic mass is 16.2. The van der Waals surface area contributed by atoms with Gasteiger partial charge >= 0.3 is 0 Å². The Labute approximate surface area is 162 Å². The van der Waals surface area contributed by atoms with Crippen molar-refractivity contribution in [3.8, 4) is 6.07 Å². The van der Waals surface area contributed by atoms with Gasteiger partial charge < -0.3 is 21.7 Å². The molecular formula is C19H23N5O4. The van der Waals surface area contributed by atoms with Gasteiger partial charge in [-0.2, -0.15) is 5.26 Å². The molecule has 1 aromatic carbocycles. The Kier molecular flexibility index (Phi) is 7.51. The lowest BCUT2D eigenvalue weighted by atomic mass is 10.0. The molecule has 1 aromatic rings. The van der Waals surface area contributed by atoms with Crippen molar-refractivity contribution in [2.75, 3.05) is 0 Å². The van der Waals surface area contributed by atoms with Crippen molar-refractivity contribution in [1.29, 1.82) is 5.26 Å². The quantitative estimate of drug-likeness (QED) is 0.413. The van der Waals surface area contributed by atoms with Gasteiger partial charge in [0.15, 0.2) is 0 Å². The van der Waals surface area contributed by atoms with Crippen LogP contribution >= 0.6 is 0 Å². The van der Waals surface area contributed by atoms with Crippen molar-refractivity contribution in [2.45, 2.75) is 50.2 Å². The summed E-state index contributed by atoms with van der Waals surface area (Å²) >= 11 is 0. The van der Waals surface area contributed by atoms with E-state index in [0.717, 1.165) is 5.56 Å². The molecule has 1 saturated heterocycles. The second-order valence-electron chi connectivity index (χ2n) is 6.59. The molecule has 28 heavy (non-hydrogen) atoms. The van der Waals surface area contributed by atoms with Gasteiger partial charge in [-0.1, -0.05) is 30.3 Å². The SMILES string of the molecule is N#CCCC[C@@H](NC(=O)C[C@@H]1NC(=O)[C@H](Cc2ccccc2)NC1=O)C(N)=O. The lowest BCUT2D eigenvalue weighted by Gasteiger charge is -2.29. The van der Waals surface area contributed by atoms with Crippen LogP contribution in [0.2, 0.25) is 0 Å². The lowest BCUT2D eigenvalue weighted by molar-refractivity contribution is -0.138. The number of nitrogens with zero attached hydrogens (tertiary/aromatic N) is 1. The van der Waals surface area contributed by atoms with Gasteiger partial charge in [-0.25, -0.2) is 0 Å². The molecule has 1 fully saturated rings. The Morgan fingerprint density at radius 3 is 2.43 bits per heavy atom. The van der Waals surface area contributed by atoms with Crippen LogP contribution in [0.3, 0.4) is 0 Å². The van der Waals surface area contributed by atoms with E-state index in [4.69, 9.17) is 11.0 Å². The number of hydrogen-bond acceptors (Lipinski definition) is 5. The molecule has 0 saturated carbocycles. The molecule has 3 atom stereocenters. The predicted octanol–water partition coefficient (Wildman–Crippen LogP) is -0.734. The minimum Gasteiger partial charge on any atom is -0.368 e. The van der Waals surface area contributed by atoms with Gasteiger partial charge in [-0.15, -0.1) is 0 Å². The summed E-state index contributed by atoms with van der Waals surface area (Å²) in [7, 11) is 0. The average molecular weight is 385 g/mol. The van der Waals surface area contributed by atoms with E-state index < -0.39 is 35.8 Å². The second kappa shape index (κ2) is 10.1. The average Bonchev–Trinajstić information content (AvgIpc) is 2.66. The first-order valence-corrected chi connectivity index (χ1v) is 9.01. The summed E-state index contributed by atoms with van der Waals surface area (Å²) < 4.78 is 0. The number of nitrogens with two attached hydrogens (primary N) is 1. The Morgan fingerprint density at radius 2 is 1.79 bits per heavy atom. The molecule has 9 heteroatoms. The van der Waals surface area contributed by atoms with Gasteiger partial charge in [0.25, 0.3) is 0 Å². The predicted molar refractivity (Wildman–Crippen MR) is 99.2 cm³/mol. The molecule has 1 aliphatic rings. The minimum absolute atomic E-state index is 0.233. The van der Waals surface area contributed by atoms with E-state index >= 15 is 0 Å². The molecule has 0 radical (unpaired) electrons. The van der Waals surface area contributed by atoms with Crippen molar-refractivity contribution >= 4 is 23.6 Å². The summed E-state index contributed by atoms with van der Waals surface area (Å²) in [6.45, 7) is 0. The maximum atomic E-state index is 12.3. The van der Waals surface area contributed by atoms with Crippen LogP contribution in [0.25, 0.3) is 0 Å². The number of nitriles is 1. The topological polar surface area (TPSA) is 154 Å². The van der Waals surface area contributed by atoms with Gasteiger partial charge in [-0.05, 0) is 18.4 Å². The molecule has 2 rings (SSSR count). The number of nitrogens with one attached hydrogen (secondary N) is 3. The number of amides is 4. The monoisotopic (exact) mass is 385 g/mol. The second-order valence-corrected chi connectivity index (χ2v) is 6.59. The summed E-state index contributed by atoms with van der Waals surface area (Å²) in [5.74, 6) is -2.13. The number of carbonyl (C=O) groups excluding carboxylic acids is 4. The number of primary amides is 1. The molecule has 5 N–H and O–H groups in total. The van der Waals surface area contributed by atoms with Gasteiger partial charge in [0, 0.05) is 12.8 Å². The summed E-state index contributed by atoms with van der Waals surface area (Å²) in [4.78, 5) is 48.1. The van der Waals surface area contributed by atoms with Gasteiger partial charge in [0.05, 0.1) is 12.5 Å². The zero-order chi connectivity index (χ0) is 20.5. The summed E-state index contributed by atoms with van der Waals surface area (Å²) in [6.07, 6.45) is 0.921. The molecule has 0 unspecified atom stereocenters. The van der Waals surface area contributed by atoms with Crippen LogP contribution in [-0.4, -0.2) is 41.8 Å². The first kappa shape index (κ1) is 20.9. The van der Waals surface area contributed by atoms with Crippen LogP contribution < -0.4 is 21.7 Å². The van der Waals surface area contributed by atoms with Crippen molar-refractivity contribution in [1.82, 2.24) is 16.0 Å². The Balaban J connectivity index is 1.88. The number of unbranched alkanes of at least 4 members (excludes halogenated alkanes) is 1. The van der Waals surface area contributed by atoms with E-state index in [1.807, 2.05) is 36.4 Å². The van der Waals surface area contributed by atoms with E-state index in [9.17, 15) is 19.2 Å². The smallest absolute Gasteiger partial charge is 0.243 e. The lowest BCUT2D eigenvalue weighted by Crippen LogP contribution is -2.63. The minimum atomic E-state index is -1.02. The fourth-order valence-electron chi connectivity index (χ4n) is 2.92. The highest BCUT2D eigenvalue weighted by molar-refractivity contribution is 5.99. The number of hydrogen-bond donors (Lipinski definition) is 4. The van der Waals surface area contributed by atoms with Crippen LogP contribution in [0.15, 0.2) is 30.3 Å². The Morgan fingerprint density at radius 1 is 1.14 bits per heavy atom. The van der Waals surface area contributed by atoms with Crippen molar-refractivity contribution in [2.24, 2.45) is 5.73 Å². The highest BCUT2D eigenvalue weighted by Crippen LogP contribution is 2.09.